The number of methoxy groups -OCH3 is 1. The number of fused-ring (bicyclic) bond motifs is 2. The van der Waals surface area contributed by atoms with Gasteiger partial charge < -0.3 is 29.2 Å². The molecular weight excluding hydrogens is 448 g/mol. The maximum atomic E-state index is 11.6. The van der Waals surface area contributed by atoms with Crippen molar-refractivity contribution in [1.82, 2.24) is 14.5 Å². The maximum absolute atomic E-state index is 11.6. The van der Waals surface area contributed by atoms with E-state index < -0.39 is 0 Å². The van der Waals surface area contributed by atoms with E-state index in [1.165, 1.54) is 6.07 Å². The second-order valence-corrected chi connectivity index (χ2v) is 9.65. The van der Waals surface area contributed by atoms with Crippen molar-refractivity contribution in [3.05, 3.63) is 41.7 Å². The molecule has 3 atom stereocenters. The fourth-order valence-corrected chi connectivity index (χ4v) is 5.69. The first-order valence-corrected chi connectivity index (χ1v) is 12.2. The number of rotatable bonds is 7. The number of para-hydroxylation sites is 1. The van der Waals surface area contributed by atoms with Crippen LogP contribution in [0.5, 0.6) is 17.2 Å². The lowest BCUT2D eigenvalue weighted by atomic mass is 9.81. The molecule has 3 aliphatic rings. The minimum absolute atomic E-state index is 0.0491. The molecule has 3 unspecified atom stereocenters. The lowest BCUT2D eigenvalue weighted by Gasteiger charge is -2.54. The highest BCUT2D eigenvalue weighted by Crippen LogP contribution is 2.43. The van der Waals surface area contributed by atoms with Crippen LogP contribution < -0.4 is 9.64 Å². The van der Waals surface area contributed by atoms with Crippen LogP contribution in [0.4, 0.5) is 5.69 Å². The van der Waals surface area contributed by atoms with Gasteiger partial charge in [-0.1, -0.05) is 6.07 Å². The quantitative estimate of drug-likeness (QED) is 0.395. The first-order valence-electron chi connectivity index (χ1n) is 12.2. The molecule has 3 aromatic rings. The van der Waals surface area contributed by atoms with E-state index in [0.29, 0.717) is 36.1 Å². The third-order valence-corrected chi connectivity index (χ3v) is 7.80. The van der Waals surface area contributed by atoms with Gasteiger partial charge in [-0.3, -0.25) is 9.69 Å². The van der Waals surface area contributed by atoms with Gasteiger partial charge in [0.15, 0.2) is 11.5 Å². The predicted octanol–water partition coefficient (Wildman–Crippen LogP) is 2.91. The van der Waals surface area contributed by atoms with Crippen LogP contribution in [0, 0.1) is 0 Å². The highest BCUT2D eigenvalue weighted by Gasteiger charge is 2.44. The van der Waals surface area contributed by atoms with E-state index in [1.807, 2.05) is 12.1 Å². The number of phenolic OH excluding ortho intramolecular Hbond substituents is 2. The molecule has 0 bridgehead atoms. The Labute approximate surface area is 203 Å². The van der Waals surface area contributed by atoms with Crippen molar-refractivity contribution in [3.63, 3.8) is 0 Å². The molecular formula is C26H30N4O5. The summed E-state index contributed by atoms with van der Waals surface area (Å²) in [6, 6.07) is 9.39. The van der Waals surface area contributed by atoms with Crippen LogP contribution in [0.2, 0.25) is 0 Å². The molecule has 0 radical (unpaired) electrons. The Hall–Kier alpha value is -3.30. The Bertz CT molecular complexity index is 1270. The normalized spacial score (nSPS) is 24.0. The Kier molecular flexibility index (Phi) is 5.53. The van der Waals surface area contributed by atoms with Crippen LogP contribution in [-0.4, -0.2) is 75.9 Å². The van der Waals surface area contributed by atoms with Crippen molar-refractivity contribution in [1.29, 1.82) is 0 Å². The van der Waals surface area contributed by atoms with Gasteiger partial charge in [0.05, 0.1) is 37.5 Å². The SMILES string of the molecule is COc1cc(C=O)cc2c1nc(CN1CCN(c3cccc(O)c3O)C3CCC31)n2CC1CCO1. The van der Waals surface area contributed by atoms with Gasteiger partial charge in [0.2, 0.25) is 0 Å². The third-order valence-electron chi connectivity index (χ3n) is 7.80. The molecule has 184 valence electrons. The number of piperazine rings is 1. The Morgan fingerprint density at radius 2 is 2.00 bits per heavy atom. The number of carbonyl (C=O) groups excluding carboxylic acids is 1. The molecule has 2 saturated heterocycles. The van der Waals surface area contributed by atoms with E-state index >= 15 is 0 Å². The largest absolute Gasteiger partial charge is 0.504 e. The molecule has 9 heteroatoms. The van der Waals surface area contributed by atoms with Gasteiger partial charge in [-0.05, 0) is 43.5 Å². The first kappa shape index (κ1) is 22.2. The Morgan fingerprint density at radius 3 is 2.69 bits per heavy atom. The Balaban J connectivity index is 1.31. The molecule has 1 aliphatic carbocycles. The van der Waals surface area contributed by atoms with Crippen LogP contribution in [0.3, 0.4) is 0 Å². The number of hydrogen-bond donors (Lipinski definition) is 2. The minimum Gasteiger partial charge on any atom is -0.504 e. The fourth-order valence-electron chi connectivity index (χ4n) is 5.69. The van der Waals surface area contributed by atoms with Crippen LogP contribution in [0.25, 0.3) is 11.0 Å². The second-order valence-electron chi connectivity index (χ2n) is 9.65. The van der Waals surface area contributed by atoms with Gasteiger partial charge >= 0.3 is 0 Å². The number of aromatic nitrogens is 2. The number of hydrogen-bond acceptors (Lipinski definition) is 8. The Morgan fingerprint density at radius 1 is 1.17 bits per heavy atom. The number of aldehydes is 1. The van der Waals surface area contributed by atoms with Gasteiger partial charge in [-0.2, -0.15) is 0 Å². The summed E-state index contributed by atoms with van der Waals surface area (Å²) in [4.78, 5) is 21.3. The van der Waals surface area contributed by atoms with Crippen molar-refractivity contribution < 1.29 is 24.5 Å². The summed E-state index contributed by atoms with van der Waals surface area (Å²) in [5.74, 6) is 1.41. The van der Waals surface area contributed by atoms with E-state index in [1.54, 1.807) is 19.2 Å². The van der Waals surface area contributed by atoms with E-state index in [4.69, 9.17) is 14.5 Å². The van der Waals surface area contributed by atoms with E-state index in [-0.39, 0.29) is 23.6 Å². The van der Waals surface area contributed by atoms with Crippen molar-refractivity contribution in [2.75, 3.05) is 31.7 Å². The van der Waals surface area contributed by atoms with Gasteiger partial charge in [0.25, 0.3) is 0 Å². The van der Waals surface area contributed by atoms with Crippen molar-refractivity contribution in [2.24, 2.45) is 0 Å². The number of anilines is 1. The second kappa shape index (κ2) is 8.73. The van der Waals surface area contributed by atoms with Crippen molar-refractivity contribution in [2.45, 2.75) is 50.5 Å². The lowest BCUT2D eigenvalue weighted by molar-refractivity contribution is -0.0594. The molecule has 3 heterocycles. The molecule has 1 aromatic heterocycles. The van der Waals surface area contributed by atoms with Gasteiger partial charge in [-0.15, -0.1) is 0 Å². The topological polar surface area (TPSA) is 100 Å². The van der Waals surface area contributed by atoms with Gasteiger partial charge in [0.1, 0.15) is 23.4 Å². The molecule has 2 aliphatic heterocycles. The highest BCUT2D eigenvalue weighted by molar-refractivity contribution is 5.90. The average molecular weight is 479 g/mol. The van der Waals surface area contributed by atoms with Crippen LogP contribution >= 0.6 is 0 Å². The zero-order chi connectivity index (χ0) is 24.1. The molecule has 0 amide bonds. The molecule has 35 heavy (non-hydrogen) atoms. The average Bonchev–Trinajstić information content (AvgIpc) is 3.15. The molecule has 6 rings (SSSR count). The van der Waals surface area contributed by atoms with Crippen LogP contribution in [-0.2, 0) is 17.8 Å². The van der Waals surface area contributed by atoms with Gasteiger partial charge in [0, 0.05) is 37.3 Å². The lowest BCUT2D eigenvalue weighted by Crippen LogP contribution is -2.64. The van der Waals surface area contributed by atoms with E-state index in [2.05, 4.69) is 14.4 Å². The summed E-state index contributed by atoms with van der Waals surface area (Å²) in [5, 5.41) is 20.4. The summed E-state index contributed by atoms with van der Waals surface area (Å²) in [7, 11) is 1.60. The monoisotopic (exact) mass is 478 g/mol. The van der Waals surface area contributed by atoms with Crippen molar-refractivity contribution >= 4 is 23.0 Å². The van der Waals surface area contributed by atoms with E-state index in [9.17, 15) is 15.0 Å². The molecule has 1 saturated carbocycles. The third kappa shape index (κ3) is 3.70. The molecule has 9 nitrogen and oxygen atoms in total. The van der Waals surface area contributed by atoms with E-state index in [0.717, 1.165) is 62.1 Å². The molecule has 2 N–H and O–H groups in total. The summed E-state index contributed by atoms with van der Waals surface area (Å²) >= 11 is 0. The number of carbonyl (C=O) groups is 1. The number of phenols is 2. The highest BCUT2D eigenvalue weighted by atomic mass is 16.5. The van der Waals surface area contributed by atoms with Crippen LogP contribution in [0.1, 0.15) is 35.4 Å². The number of imidazole rings is 1. The smallest absolute Gasteiger partial charge is 0.181 e. The summed E-state index contributed by atoms with van der Waals surface area (Å²) < 4.78 is 13.5. The van der Waals surface area contributed by atoms with Crippen LogP contribution in [0.15, 0.2) is 30.3 Å². The standard InChI is InChI=1S/C26H30N4O5/c1-34-23-12-16(15-31)11-21-25(23)27-24(30(21)13-17-7-10-35-17)14-28-8-9-29(19-6-5-18(19)28)20-3-2-4-22(32)26(20)33/h2-4,11-12,15,17-19,32-33H,5-10,13-14H2,1H3. The summed E-state index contributed by atoms with van der Waals surface area (Å²) in [5.41, 5.74) is 2.92. The minimum atomic E-state index is -0.0867. The molecule has 0 spiro atoms. The number of ether oxygens (including phenoxy) is 2. The molecule has 3 fully saturated rings. The number of nitrogens with zero attached hydrogens (tertiary/aromatic N) is 4. The number of benzene rings is 2. The zero-order valence-corrected chi connectivity index (χ0v) is 19.8. The number of aromatic hydroxyl groups is 2. The first-order chi connectivity index (χ1) is 17.1. The predicted molar refractivity (Wildman–Crippen MR) is 130 cm³/mol. The maximum Gasteiger partial charge on any atom is 0.181 e. The molecule has 2 aromatic carbocycles. The van der Waals surface area contributed by atoms with Crippen molar-refractivity contribution in [3.8, 4) is 17.2 Å². The zero-order valence-electron chi connectivity index (χ0n) is 19.8. The van der Waals surface area contributed by atoms with Gasteiger partial charge in [-0.25, -0.2) is 4.98 Å². The summed E-state index contributed by atoms with van der Waals surface area (Å²) in [6.45, 7) is 3.73. The fraction of sp³-hybridized carbons (Fsp3) is 0.462. The summed E-state index contributed by atoms with van der Waals surface area (Å²) in [6.07, 6.45) is 4.12.